The van der Waals surface area contributed by atoms with Gasteiger partial charge in [-0.3, -0.25) is 4.79 Å². The number of unbranched alkanes of at least 4 members (excludes halogenated alkanes) is 3. The lowest BCUT2D eigenvalue weighted by atomic mass is 10.2. The van der Waals surface area contributed by atoms with Crippen molar-refractivity contribution in [2.75, 3.05) is 11.5 Å². The molecule has 6 heteroatoms. The van der Waals surface area contributed by atoms with Crippen molar-refractivity contribution in [2.45, 2.75) is 90.6 Å². The van der Waals surface area contributed by atoms with Crippen LogP contribution in [0.15, 0.2) is 0 Å². The zero-order chi connectivity index (χ0) is 18.1. The predicted molar refractivity (Wildman–Crippen MR) is 102 cm³/mol. The topological polar surface area (TPSA) is 60.4 Å². The zero-order valence-electron chi connectivity index (χ0n) is 15.8. The normalized spacial score (nSPS) is 13.7. The Kier molecular flexibility index (Phi) is 10.7. The Morgan fingerprint density at radius 3 is 1.87 bits per heavy atom. The second kappa shape index (κ2) is 10.7. The molecule has 0 radical (unpaired) electrons. The average molecular weight is 369 g/mol. The summed E-state index contributed by atoms with van der Waals surface area (Å²) in [6.07, 6.45) is 4.92. The molecule has 0 aromatic heterocycles. The van der Waals surface area contributed by atoms with E-state index < -0.39 is 20.4 Å². The van der Waals surface area contributed by atoms with Crippen LogP contribution in [0.2, 0.25) is 0 Å². The van der Waals surface area contributed by atoms with E-state index in [9.17, 15) is 13.2 Å². The summed E-state index contributed by atoms with van der Waals surface area (Å²) in [5.74, 6) is 0.445. The molecule has 140 valence electrons. The second-order valence-corrected chi connectivity index (χ2v) is 12.5. The minimum absolute atomic E-state index is 0.0361. The van der Waals surface area contributed by atoms with E-state index in [1.807, 2.05) is 34.6 Å². The summed E-state index contributed by atoms with van der Waals surface area (Å²) in [4.78, 5) is 12.4. The Bertz CT molecular complexity index is 434. The smallest absolute Gasteiger partial charge is 0.276 e. The second-order valence-electron chi connectivity index (χ2n) is 6.70. The van der Waals surface area contributed by atoms with Gasteiger partial charge >= 0.3 is 0 Å². The Balaban J connectivity index is 5.21. The molecule has 0 N–H and O–H groups in total. The summed E-state index contributed by atoms with van der Waals surface area (Å²) in [7, 11) is -5.57. The quantitative estimate of drug-likeness (QED) is 0.437. The summed E-state index contributed by atoms with van der Waals surface area (Å²) in [5.41, 5.74) is 0. The number of carbonyl (C=O) groups is 1. The molecule has 0 aliphatic heterocycles. The molecule has 0 saturated heterocycles. The van der Waals surface area contributed by atoms with Gasteiger partial charge in [0.25, 0.3) is 10.1 Å². The number of ketones is 1. The van der Waals surface area contributed by atoms with E-state index in [1.165, 1.54) is 0 Å². The van der Waals surface area contributed by atoms with Crippen LogP contribution in [0.1, 0.15) is 80.1 Å². The van der Waals surface area contributed by atoms with Crippen molar-refractivity contribution in [2.24, 2.45) is 0 Å². The van der Waals surface area contributed by atoms with Gasteiger partial charge in [0.2, 0.25) is 0 Å². The Labute approximate surface area is 145 Å². The lowest BCUT2D eigenvalue weighted by Crippen LogP contribution is -2.32. The van der Waals surface area contributed by atoms with Crippen molar-refractivity contribution in [3.63, 3.8) is 0 Å². The zero-order valence-corrected chi connectivity index (χ0v) is 17.4. The maximum Gasteiger partial charge on any atom is 0.276 e. The molecule has 0 heterocycles. The van der Waals surface area contributed by atoms with Crippen molar-refractivity contribution in [3.8, 4) is 0 Å². The van der Waals surface area contributed by atoms with Crippen molar-refractivity contribution in [1.29, 1.82) is 0 Å². The summed E-state index contributed by atoms with van der Waals surface area (Å²) < 4.78 is 30.4. The summed E-state index contributed by atoms with van der Waals surface area (Å²) >= 11 is 0. The first-order valence-electron chi connectivity index (χ1n) is 8.85. The summed E-state index contributed by atoms with van der Waals surface area (Å²) in [5, 5.41) is 0.0723. The third-order valence-electron chi connectivity index (χ3n) is 4.02. The molecule has 0 atom stereocenters. The van der Waals surface area contributed by atoms with Crippen LogP contribution in [0.4, 0.5) is 0 Å². The van der Waals surface area contributed by atoms with E-state index in [4.69, 9.17) is 3.63 Å². The van der Waals surface area contributed by atoms with Crippen LogP contribution >= 0.6 is 10.3 Å². The van der Waals surface area contributed by atoms with E-state index in [0.717, 1.165) is 25.7 Å². The molecule has 0 rings (SSSR count). The number of hydrogen-bond donors (Lipinski definition) is 0. The molecule has 0 aromatic carbocycles. The fourth-order valence-electron chi connectivity index (χ4n) is 2.50. The molecule has 0 spiro atoms. The molecular formula is C17H36O4S2. The molecule has 0 aliphatic carbocycles. The van der Waals surface area contributed by atoms with Crippen LogP contribution in [0.5, 0.6) is 0 Å². The predicted octanol–water partition coefficient (Wildman–Crippen LogP) is 4.82. The van der Waals surface area contributed by atoms with Crippen LogP contribution in [0, 0.1) is 0 Å². The fourth-order valence-corrected chi connectivity index (χ4v) is 8.81. The summed E-state index contributed by atoms with van der Waals surface area (Å²) in [6, 6.07) is 0. The fraction of sp³-hybridized carbons (Fsp3) is 0.941. The highest BCUT2D eigenvalue weighted by Gasteiger charge is 2.39. The third kappa shape index (κ3) is 8.03. The van der Waals surface area contributed by atoms with Crippen molar-refractivity contribution in [1.82, 2.24) is 0 Å². The largest absolute Gasteiger partial charge is 0.299 e. The molecule has 4 nitrogen and oxygen atoms in total. The van der Waals surface area contributed by atoms with E-state index in [1.54, 1.807) is 0 Å². The highest BCUT2D eigenvalue weighted by Crippen LogP contribution is 2.59. The van der Waals surface area contributed by atoms with Gasteiger partial charge in [-0.25, -0.2) is 3.63 Å². The molecule has 0 fully saturated rings. The highest BCUT2D eigenvalue weighted by atomic mass is 32.3. The monoisotopic (exact) mass is 368 g/mol. The van der Waals surface area contributed by atoms with Gasteiger partial charge in [-0.15, -0.1) is 10.3 Å². The van der Waals surface area contributed by atoms with Crippen LogP contribution < -0.4 is 0 Å². The van der Waals surface area contributed by atoms with E-state index in [-0.39, 0.29) is 27.8 Å². The SMILES string of the molecule is CCCCCC(=O)CS(OS(=O)(=O)CCCC)(C(C)C)C(C)C. The molecule has 0 unspecified atom stereocenters. The number of carbonyl (C=O) groups excluding carboxylic acids is 1. The van der Waals surface area contributed by atoms with E-state index >= 15 is 0 Å². The Hall–Kier alpha value is -0.0700. The van der Waals surface area contributed by atoms with Crippen molar-refractivity contribution in [3.05, 3.63) is 0 Å². The number of rotatable bonds is 13. The molecular weight excluding hydrogens is 332 g/mol. The molecule has 0 aromatic rings. The number of hydrogen-bond acceptors (Lipinski definition) is 4. The van der Waals surface area contributed by atoms with Gasteiger partial charge in [0.05, 0.1) is 11.5 Å². The minimum Gasteiger partial charge on any atom is -0.299 e. The van der Waals surface area contributed by atoms with Gasteiger partial charge < -0.3 is 0 Å². The summed E-state index contributed by atoms with van der Waals surface area (Å²) in [6.45, 7) is 12.0. The maximum absolute atomic E-state index is 12.4. The molecule has 0 amide bonds. The molecule has 0 aliphatic rings. The average Bonchev–Trinajstić information content (AvgIpc) is 2.44. The van der Waals surface area contributed by atoms with Crippen LogP contribution in [-0.2, 0) is 18.5 Å². The van der Waals surface area contributed by atoms with Gasteiger partial charge in [-0.2, -0.15) is 8.42 Å². The molecule has 0 saturated carbocycles. The maximum atomic E-state index is 12.4. The lowest BCUT2D eigenvalue weighted by Gasteiger charge is -2.45. The number of Topliss-reactive ketones (excluding diaryl/α,β-unsaturated/α-hetero) is 1. The van der Waals surface area contributed by atoms with Gasteiger partial charge in [0, 0.05) is 16.9 Å². The Morgan fingerprint density at radius 2 is 1.43 bits per heavy atom. The Morgan fingerprint density at radius 1 is 0.913 bits per heavy atom. The minimum atomic E-state index is -3.58. The van der Waals surface area contributed by atoms with Gasteiger partial charge in [-0.05, 0) is 12.8 Å². The first-order chi connectivity index (χ1) is 10.6. The van der Waals surface area contributed by atoms with E-state index in [2.05, 4.69) is 6.92 Å². The highest BCUT2D eigenvalue weighted by molar-refractivity contribution is 8.34. The third-order valence-corrected chi connectivity index (χ3v) is 10.6. The standard InChI is InChI=1S/C17H36O4S2/c1-7-9-11-12-17(18)14-22(15(3)4,16(5)6)21-23(19,20)13-10-8-2/h15-16H,7-14H2,1-6H3. The van der Waals surface area contributed by atoms with Crippen molar-refractivity contribution < 1.29 is 16.8 Å². The van der Waals surface area contributed by atoms with Crippen LogP contribution in [0.25, 0.3) is 0 Å². The molecule has 0 bridgehead atoms. The first kappa shape index (κ1) is 22.9. The first-order valence-corrected chi connectivity index (χ1v) is 12.3. The molecule has 23 heavy (non-hydrogen) atoms. The van der Waals surface area contributed by atoms with Crippen LogP contribution in [0.3, 0.4) is 0 Å². The lowest BCUT2D eigenvalue weighted by molar-refractivity contribution is -0.116. The van der Waals surface area contributed by atoms with Gasteiger partial charge in [0.15, 0.2) is 0 Å². The van der Waals surface area contributed by atoms with E-state index in [0.29, 0.717) is 12.8 Å². The van der Waals surface area contributed by atoms with Crippen LogP contribution in [-0.4, -0.2) is 36.2 Å². The van der Waals surface area contributed by atoms with Gasteiger partial charge in [0.1, 0.15) is 5.78 Å². The van der Waals surface area contributed by atoms with Crippen molar-refractivity contribution >= 4 is 26.2 Å². The van der Waals surface area contributed by atoms with Gasteiger partial charge in [-0.1, -0.05) is 60.8 Å².